The molecule has 1 atom stereocenters. The zero-order valence-electron chi connectivity index (χ0n) is 14.7. The molecule has 1 aliphatic rings. The lowest BCUT2D eigenvalue weighted by Crippen LogP contribution is -2.42. The van der Waals surface area contributed by atoms with Crippen molar-refractivity contribution in [2.24, 2.45) is 0 Å². The third-order valence-electron chi connectivity index (χ3n) is 4.47. The highest BCUT2D eigenvalue weighted by atomic mass is 16.5. The first-order valence-corrected chi connectivity index (χ1v) is 8.88. The lowest BCUT2D eigenvalue weighted by Gasteiger charge is -2.25. The monoisotopic (exact) mass is 342 g/mol. The summed E-state index contributed by atoms with van der Waals surface area (Å²) in [5.74, 6) is 0.142. The molecule has 0 bridgehead atoms. The molecule has 1 aromatic carbocycles. The van der Waals surface area contributed by atoms with Crippen molar-refractivity contribution in [2.45, 2.75) is 25.4 Å². The number of carbonyl (C=O) groups excluding carboxylic acids is 1. The fraction of sp³-hybridized carbons (Fsp3) is 0.474. The van der Waals surface area contributed by atoms with Gasteiger partial charge >= 0.3 is 0 Å². The fourth-order valence-electron chi connectivity index (χ4n) is 2.98. The summed E-state index contributed by atoms with van der Waals surface area (Å²) in [6.45, 7) is 3.05. The summed E-state index contributed by atoms with van der Waals surface area (Å²) < 4.78 is 5.59. The zero-order chi connectivity index (χ0) is 17.5. The third kappa shape index (κ3) is 5.14. The first-order valence-electron chi connectivity index (χ1n) is 8.88. The Labute approximate surface area is 148 Å². The molecule has 0 aliphatic carbocycles. The van der Waals surface area contributed by atoms with E-state index < -0.39 is 0 Å². The van der Waals surface area contributed by atoms with Gasteiger partial charge in [-0.1, -0.05) is 30.3 Å². The normalized spacial score (nSPS) is 17.4. The number of benzene rings is 1. The van der Waals surface area contributed by atoms with Gasteiger partial charge in [0.15, 0.2) is 0 Å². The molecule has 1 unspecified atom stereocenters. The van der Waals surface area contributed by atoms with Gasteiger partial charge in [-0.3, -0.25) is 9.89 Å². The minimum absolute atomic E-state index is 0.00439. The van der Waals surface area contributed by atoms with E-state index >= 15 is 0 Å². The van der Waals surface area contributed by atoms with Crippen LogP contribution >= 0.6 is 0 Å². The van der Waals surface area contributed by atoms with E-state index in [1.54, 1.807) is 4.90 Å². The first kappa shape index (κ1) is 17.6. The largest absolute Gasteiger partial charge is 0.375 e. The predicted molar refractivity (Wildman–Crippen MR) is 97.2 cm³/mol. The van der Waals surface area contributed by atoms with Crippen molar-refractivity contribution in [3.05, 3.63) is 42.1 Å². The summed E-state index contributed by atoms with van der Waals surface area (Å²) in [5.41, 5.74) is 3.17. The Morgan fingerprint density at radius 1 is 1.36 bits per heavy atom. The van der Waals surface area contributed by atoms with Gasteiger partial charge in [0.2, 0.25) is 5.91 Å². The molecule has 1 fully saturated rings. The molecule has 0 radical (unpaired) electrons. The number of hydrogen-bond acceptors (Lipinski definition) is 4. The van der Waals surface area contributed by atoms with Crippen molar-refractivity contribution in [3.8, 4) is 11.3 Å². The number of amides is 1. The van der Waals surface area contributed by atoms with Gasteiger partial charge in [-0.05, 0) is 18.9 Å². The Kier molecular flexibility index (Phi) is 6.19. The summed E-state index contributed by atoms with van der Waals surface area (Å²) in [6.07, 6.45) is 2.23. The third-order valence-corrected chi connectivity index (χ3v) is 4.47. The van der Waals surface area contributed by atoms with E-state index in [0.717, 1.165) is 49.4 Å². The number of carbonyl (C=O) groups is 1. The summed E-state index contributed by atoms with van der Waals surface area (Å²) in [7, 11) is 1.86. The standard InChI is InChI=1S/C19H26N4O2/c1-23(19(24)13-17-14-20-9-11-25-17)10-5-8-16-12-18(22-21-16)15-6-3-2-4-7-15/h2-4,6-7,12,17,20H,5,8-11,13-14H2,1H3,(H,21,22). The summed E-state index contributed by atoms with van der Waals surface area (Å²) in [4.78, 5) is 14.0. The van der Waals surface area contributed by atoms with E-state index in [4.69, 9.17) is 4.74 Å². The van der Waals surface area contributed by atoms with Gasteiger partial charge in [0.1, 0.15) is 0 Å². The van der Waals surface area contributed by atoms with Crippen LogP contribution in [0.2, 0.25) is 0 Å². The van der Waals surface area contributed by atoms with E-state index in [-0.39, 0.29) is 12.0 Å². The minimum Gasteiger partial charge on any atom is -0.375 e. The van der Waals surface area contributed by atoms with E-state index in [0.29, 0.717) is 13.0 Å². The number of aromatic nitrogens is 2. The zero-order valence-corrected chi connectivity index (χ0v) is 14.7. The van der Waals surface area contributed by atoms with Crippen LogP contribution in [0.3, 0.4) is 0 Å². The average molecular weight is 342 g/mol. The number of H-pyrrole nitrogens is 1. The molecule has 25 heavy (non-hydrogen) atoms. The Morgan fingerprint density at radius 2 is 2.20 bits per heavy atom. The maximum absolute atomic E-state index is 12.2. The van der Waals surface area contributed by atoms with E-state index in [1.165, 1.54) is 0 Å². The number of morpholine rings is 1. The molecular weight excluding hydrogens is 316 g/mol. The van der Waals surface area contributed by atoms with Gasteiger partial charge in [0.05, 0.1) is 24.8 Å². The van der Waals surface area contributed by atoms with Gasteiger partial charge in [0.25, 0.3) is 0 Å². The fourth-order valence-corrected chi connectivity index (χ4v) is 2.98. The molecule has 1 aromatic heterocycles. The second-order valence-electron chi connectivity index (χ2n) is 6.46. The number of nitrogens with one attached hydrogen (secondary N) is 2. The van der Waals surface area contributed by atoms with Crippen LogP contribution in [0.25, 0.3) is 11.3 Å². The van der Waals surface area contributed by atoms with Crippen molar-refractivity contribution in [2.75, 3.05) is 33.3 Å². The molecule has 0 spiro atoms. The molecule has 1 aliphatic heterocycles. The van der Waals surface area contributed by atoms with Crippen LogP contribution in [-0.4, -0.2) is 60.4 Å². The second kappa shape index (κ2) is 8.78. The van der Waals surface area contributed by atoms with Crippen LogP contribution < -0.4 is 5.32 Å². The average Bonchev–Trinajstić information content (AvgIpc) is 3.12. The summed E-state index contributed by atoms with van der Waals surface area (Å²) >= 11 is 0. The SMILES string of the molecule is CN(CCCc1cc(-c2ccccc2)n[nH]1)C(=O)CC1CNCCO1. The highest BCUT2D eigenvalue weighted by Gasteiger charge is 2.19. The number of nitrogens with zero attached hydrogens (tertiary/aromatic N) is 2. The van der Waals surface area contributed by atoms with Gasteiger partial charge in [0, 0.05) is 37.9 Å². The van der Waals surface area contributed by atoms with E-state index in [2.05, 4.69) is 33.7 Å². The quantitative estimate of drug-likeness (QED) is 0.806. The lowest BCUT2D eigenvalue weighted by atomic mass is 10.1. The second-order valence-corrected chi connectivity index (χ2v) is 6.46. The van der Waals surface area contributed by atoms with Crippen LogP contribution in [0.15, 0.2) is 36.4 Å². The Bertz CT molecular complexity index is 665. The Morgan fingerprint density at radius 3 is 2.96 bits per heavy atom. The van der Waals surface area contributed by atoms with Gasteiger partial charge in [-0.15, -0.1) is 0 Å². The molecule has 134 valence electrons. The van der Waals surface area contributed by atoms with Gasteiger partial charge in [-0.2, -0.15) is 5.10 Å². The van der Waals surface area contributed by atoms with Gasteiger partial charge < -0.3 is 15.0 Å². The van der Waals surface area contributed by atoms with Crippen molar-refractivity contribution >= 4 is 5.91 Å². The molecule has 0 saturated carbocycles. The summed E-state index contributed by atoms with van der Waals surface area (Å²) in [5, 5.41) is 10.7. The van der Waals surface area contributed by atoms with Crippen LogP contribution in [-0.2, 0) is 16.0 Å². The maximum atomic E-state index is 12.2. The van der Waals surface area contributed by atoms with Crippen molar-refractivity contribution in [1.29, 1.82) is 0 Å². The highest BCUT2D eigenvalue weighted by molar-refractivity contribution is 5.76. The molecule has 2 heterocycles. The lowest BCUT2D eigenvalue weighted by molar-refractivity contribution is -0.133. The highest BCUT2D eigenvalue weighted by Crippen LogP contribution is 2.17. The van der Waals surface area contributed by atoms with Crippen LogP contribution in [0, 0.1) is 0 Å². The van der Waals surface area contributed by atoms with Gasteiger partial charge in [-0.25, -0.2) is 0 Å². The van der Waals surface area contributed by atoms with E-state index in [9.17, 15) is 4.79 Å². The number of aryl methyl sites for hydroxylation is 1. The molecule has 2 aromatic rings. The molecular formula is C19H26N4O2. The van der Waals surface area contributed by atoms with Crippen LogP contribution in [0.1, 0.15) is 18.5 Å². The number of hydrogen-bond donors (Lipinski definition) is 2. The van der Waals surface area contributed by atoms with Crippen molar-refractivity contribution in [3.63, 3.8) is 0 Å². The minimum atomic E-state index is 0.00439. The Balaban J connectivity index is 1.41. The van der Waals surface area contributed by atoms with Crippen molar-refractivity contribution < 1.29 is 9.53 Å². The smallest absolute Gasteiger partial charge is 0.224 e. The summed E-state index contributed by atoms with van der Waals surface area (Å²) in [6, 6.07) is 12.2. The maximum Gasteiger partial charge on any atom is 0.224 e. The van der Waals surface area contributed by atoms with E-state index in [1.807, 2.05) is 25.2 Å². The van der Waals surface area contributed by atoms with Crippen molar-refractivity contribution in [1.82, 2.24) is 20.4 Å². The number of ether oxygens (including phenoxy) is 1. The molecule has 1 amide bonds. The number of rotatable bonds is 7. The van der Waals surface area contributed by atoms with Crippen LogP contribution in [0.4, 0.5) is 0 Å². The molecule has 6 nitrogen and oxygen atoms in total. The topological polar surface area (TPSA) is 70.2 Å². The molecule has 2 N–H and O–H groups in total. The first-order chi connectivity index (χ1) is 12.2. The number of aromatic amines is 1. The molecule has 6 heteroatoms. The Hall–Kier alpha value is -2.18. The molecule has 3 rings (SSSR count). The molecule has 1 saturated heterocycles. The van der Waals surface area contributed by atoms with Crippen LogP contribution in [0.5, 0.6) is 0 Å². The predicted octanol–water partition coefficient (Wildman–Crippen LogP) is 1.85.